The van der Waals surface area contributed by atoms with Gasteiger partial charge in [0.25, 0.3) is 0 Å². The predicted octanol–water partition coefficient (Wildman–Crippen LogP) is 3.41. The molecule has 1 atom stereocenters. The van der Waals surface area contributed by atoms with Gasteiger partial charge in [-0.3, -0.25) is 0 Å². The lowest BCUT2D eigenvalue weighted by atomic mass is 10.1. The van der Waals surface area contributed by atoms with Gasteiger partial charge in [-0.2, -0.15) is 13.2 Å². The average molecular weight is 273 g/mol. The number of alkyl halides is 3. The van der Waals surface area contributed by atoms with Crippen molar-refractivity contribution in [3.05, 3.63) is 35.4 Å². The molecule has 5 heteroatoms. The molecule has 0 saturated heterocycles. The Bertz CT molecular complexity index is 415. The van der Waals surface area contributed by atoms with E-state index in [4.69, 9.17) is 4.74 Å². The van der Waals surface area contributed by atoms with Crippen LogP contribution in [0.4, 0.5) is 13.2 Å². The smallest absolute Gasteiger partial charge is 0.364 e. The molecule has 1 saturated carbocycles. The van der Waals surface area contributed by atoms with E-state index in [1.165, 1.54) is 12.8 Å². The van der Waals surface area contributed by atoms with Gasteiger partial charge in [0.15, 0.2) is 6.10 Å². The second-order valence-corrected chi connectivity index (χ2v) is 4.92. The monoisotopic (exact) mass is 273 g/mol. The largest absolute Gasteiger partial charge is 0.414 e. The van der Waals surface area contributed by atoms with Gasteiger partial charge in [-0.05, 0) is 30.9 Å². The lowest BCUT2D eigenvalue weighted by Crippen LogP contribution is -2.28. The Morgan fingerprint density at radius 2 is 1.89 bits per heavy atom. The summed E-state index contributed by atoms with van der Waals surface area (Å²) in [4.78, 5) is 0. The summed E-state index contributed by atoms with van der Waals surface area (Å²) in [6.07, 6.45) is -3.67. The Balaban J connectivity index is 1.91. The fraction of sp³-hybridized carbons (Fsp3) is 0.571. The van der Waals surface area contributed by atoms with Crippen LogP contribution in [0.3, 0.4) is 0 Å². The van der Waals surface area contributed by atoms with Crippen molar-refractivity contribution in [1.82, 2.24) is 5.32 Å². The van der Waals surface area contributed by atoms with E-state index in [1.54, 1.807) is 0 Å². The number of benzene rings is 1. The summed E-state index contributed by atoms with van der Waals surface area (Å²) in [5.74, 6) is 0. The second kappa shape index (κ2) is 5.92. The first-order valence-electron chi connectivity index (χ1n) is 6.45. The van der Waals surface area contributed by atoms with Crippen LogP contribution in [0.1, 0.15) is 30.9 Å². The summed E-state index contributed by atoms with van der Waals surface area (Å²) in [7, 11) is 0. The minimum atomic E-state index is -4.30. The number of halogens is 3. The Morgan fingerprint density at radius 3 is 2.47 bits per heavy atom. The lowest BCUT2D eigenvalue weighted by Gasteiger charge is -2.17. The molecule has 0 spiro atoms. The van der Waals surface area contributed by atoms with Crippen LogP contribution < -0.4 is 5.32 Å². The number of ether oxygens (including phenoxy) is 1. The van der Waals surface area contributed by atoms with E-state index in [0.717, 1.165) is 18.1 Å². The normalized spacial score (nSPS) is 17.5. The van der Waals surface area contributed by atoms with Gasteiger partial charge < -0.3 is 10.1 Å². The summed E-state index contributed by atoms with van der Waals surface area (Å²) < 4.78 is 42.0. The molecular formula is C14H18F3NO. The van der Waals surface area contributed by atoms with Crippen molar-refractivity contribution >= 4 is 0 Å². The highest BCUT2D eigenvalue weighted by Gasteiger charge is 2.36. The molecule has 1 aromatic carbocycles. The number of hydrogen-bond acceptors (Lipinski definition) is 2. The standard InChI is InChI=1S/C14H18F3NO/c1-10(14(15,16)17)19-9-12-5-3-2-4-11(12)8-18-13-6-7-13/h2-5,10,13,18H,6-9H2,1H3. The molecule has 19 heavy (non-hydrogen) atoms. The summed E-state index contributed by atoms with van der Waals surface area (Å²) in [5, 5.41) is 3.35. The van der Waals surface area contributed by atoms with E-state index >= 15 is 0 Å². The lowest BCUT2D eigenvalue weighted by molar-refractivity contribution is -0.217. The molecule has 1 aliphatic carbocycles. The van der Waals surface area contributed by atoms with Crippen molar-refractivity contribution in [3.8, 4) is 0 Å². The average Bonchev–Trinajstić information content (AvgIpc) is 3.17. The molecule has 1 aromatic rings. The molecule has 2 nitrogen and oxygen atoms in total. The predicted molar refractivity (Wildman–Crippen MR) is 66.6 cm³/mol. The number of nitrogens with one attached hydrogen (secondary N) is 1. The third-order valence-electron chi connectivity index (χ3n) is 3.23. The van der Waals surface area contributed by atoms with Gasteiger partial charge in [-0.1, -0.05) is 24.3 Å². The summed E-state index contributed by atoms with van der Waals surface area (Å²) >= 11 is 0. The minimum Gasteiger partial charge on any atom is -0.364 e. The minimum absolute atomic E-state index is 0.0107. The topological polar surface area (TPSA) is 21.3 Å². The molecule has 1 fully saturated rings. The fourth-order valence-corrected chi connectivity index (χ4v) is 1.72. The highest BCUT2D eigenvalue weighted by molar-refractivity contribution is 5.26. The van der Waals surface area contributed by atoms with Crippen molar-refractivity contribution in [2.24, 2.45) is 0 Å². The molecule has 0 radical (unpaired) electrons. The second-order valence-electron chi connectivity index (χ2n) is 4.92. The molecular weight excluding hydrogens is 255 g/mol. The van der Waals surface area contributed by atoms with E-state index < -0.39 is 12.3 Å². The van der Waals surface area contributed by atoms with Crippen LogP contribution in [0.2, 0.25) is 0 Å². The van der Waals surface area contributed by atoms with E-state index in [0.29, 0.717) is 12.6 Å². The van der Waals surface area contributed by atoms with Gasteiger partial charge in [0, 0.05) is 12.6 Å². The Morgan fingerprint density at radius 1 is 1.26 bits per heavy atom. The first-order valence-corrected chi connectivity index (χ1v) is 6.45. The van der Waals surface area contributed by atoms with Crippen molar-refractivity contribution in [1.29, 1.82) is 0 Å². The Labute approximate surface area is 111 Å². The zero-order valence-corrected chi connectivity index (χ0v) is 10.8. The number of rotatable bonds is 6. The first kappa shape index (κ1) is 14.3. The highest BCUT2D eigenvalue weighted by atomic mass is 19.4. The van der Waals surface area contributed by atoms with Crippen molar-refractivity contribution in [2.45, 2.75) is 51.2 Å². The highest BCUT2D eigenvalue weighted by Crippen LogP contribution is 2.24. The van der Waals surface area contributed by atoms with Gasteiger partial charge in [0.2, 0.25) is 0 Å². The van der Waals surface area contributed by atoms with Crippen molar-refractivity contribution in [2.75, 3.05) is 0 Å². The van der Waals surface area contributed by atoms with Crippen molar-refractivity contribution < 1.29 is 17.9 Å². The molecule has 0 heterocycles. The third-order valence-corrected chi connectivity index (χ3v) is 3.23. The van der Waals surface area contributed by atoms with Crippen molar-refractivity contribution in [3.63, 3.8) is 0 Å². The maximum Gasteiger partial charge on any atom is 0.414 e. The third kappa shape index (κ3) is 4.51. The summed E-state index contributed by atoms with van der Waals surface area (Å²) in [5.41, 5.74) is 1.82. The van der Waals surface area contributed by atoms with Gasteiger partial charge in [0.05, 0.1) is 6.61 Å². The first-order chi connectivity index (χ1) is 8.97. The molecule has 0 aromatic heterocycles. The van der Waals surface area contributed by atoms with Gasteiger partial charge >= 0.3 is 6.18 Å². The maximum atomic E-state index is 12.4. The van der Waals surface area contributed by atoms with Crippen LogP contribution in [0, 0.1) is 0 Å². The zero-order valence-electron chi connectivity index (χ0n) is 10.8. The maximum absolute atomic E-state index is 12.4. The van der Waals surface area contributed by atoms with Gasteiger partial charge in [0.1, 0.15) is 0 Å². The molecule has 106 valence electrons. The van der Waals surface area contributed by atoms with E-state index in [-0.39, 0.29) is 6.61 Å². The molecule has 1 unspecified atom stereocenters. The fourth-order valence-electron chi connectivity index (χ4n) is 1.72. The summed E-state index contributed by atoms with van der Waals surface area (Å²) in [6, 6.07) is 8.01. The van der Waals surface area contributed by atoms with E-state index in [9.17, 15) is 13.2 Å². The van der Waals surface area contributed by atoms with E-state index in [2.05, 4.69) is 5.32 Å². The van der Waals surface area contributed by atoms with Crippen LogP contribution in [0.15, 0.2) is 24.3 Å². The molecule has 0 aliphatic heterocycles. The molecule has 1 N–H and O–H groups in total. The molecule has 1 aliphatic rings. The number of hydrogen-bond donors (Lipinski definition) is 1. The van der Waals surface area contributed by atoms with Crippen LogP contribution in [0.5, 0.6) is 0 Å². The zero-order chi connectivity index (χ0) is 13.9. The van der Waals surface area contributed by atoms with Crippen LogP contribution in [0.25, 0.3) is 0 Å². The van der Waals surface area contributed by atoms with Crippen LogP contribution >= 0.6 is 0 Å². The molecule has 0 amide bonds. The Kier molecular flexibility index (Phi) is 4.47. The van der Waals surface area contributed by atoms with Gasteiger partial charge in [-0.15, -0.1) is 0 Å². The van der Waals surface area contributed by atoms with Gasteiger partial charge in [-0.25, -0.2) is 0 Å². The molecule has 2 rings (SSSR count). The van der Waals surface area contributed by atoms with E-state index in [1.807, 2.05) is 24.3 Å². The quantitative estimate of drug-likeness (QED) is 0.857. The summed E-state index contributed by atoms with van der Waals surface area (Å²) in [6.45, 7) is 1.71. The van der Waals surface area contributed by atoms with Crippen LogP contribution in [-0.4, -0.2) is 18.3 Å². The van der Waals surface area contributed by atoms with Crippen LogP contribution in [-0.2, 0) is 17.9 Å². The SMILES string of the molecule is CC(OCc1ccccc1CNC1CC1)C(F)(F)F. The Hall–Kier alpha value is -1.07. The molecule has 0 bridgehead atoms.